The summed E-state index contributed by atoms with van der Waals surface area (Å²) in [6.07, 6.45) is 0.0853. The van der Waals surface area contributed by atoms with Crippen molar-refractivity contribution >= 4 is 17.6 Å². The molecule has 0 aromatic heterocycles. The fourth-order valence-electron chi connectivity index (χ4n) is 1.26. The molecule has 1 aromatic carbocycles. The van der Waals surface area contributed by atoms with Crippen molar-refractivity contribution < 1.29 is 14.3 Å². The summed E-state index contributed by atoms with van der Waals surface area (Å²) in [5.74, 6) is 0.227. The Balaban J connectivity index is 2.85. The van der Waals surface area contributed by atoms with Gasteiger partial charge in [0.05, 0.1) is 13.2 Å². The topological polar surface area (TPSA) is 35.5 Å². The largest absolute Gasteiger partial charge is 0.491 e. The molecule has 1 atom stereocenters. The summed E-state index contributed by atoms with van der Waals surface area (Å²) in [5, 5.41) is -0.791. The molecule has 0 fully saturated rings. The van der Waals surface area contributed by atoms with Crippen LogP contribution in [0.2, 0.25) is 0 Å². The molecule has 0 spiro atoms. The van der Waals surface area contributed by atoms with Crippen LogP contribution in [0, 0.1) is 0 Å². The third kappa shape index (κ3) is 3.42. The van der Waals surface area contributed by atoms with Gasteiger partial charge >= 0.3 is 5.97 Å². The van der Waals surface area contributed by atoms with Crippen LogP contribution < -0.4 is 4.74 Å². The van der Waals surface area contributed by atoms with E-state index in [1.54, 1.807) is 18.2 Å². The van der Waals surface area contributed by atoms with E-state index in [0.717, 1.165) is 0 Å². The van der Waals surface area contributed by atoms with E-state index in [1.165, 1.54) is 7.11 Å². The van der Waals surface area contributed by atoms with Gasteiger partial charge in [0.15, 0.2) is 5.38 Å². The monoisotopic (exact) mass is 242 g/mol. The Morgan fingerprint density at radius 3 is 2.62 bits per heavy atom. The predicted molar refractivity (Wildman–Crippen MR) is 62.8 cm³/mol. The number of halogens is 1. The van der Waals surface area contributed by atoms with Crippen molar-refractivity contribution in [2.45, 2.75) is 25.3 Å². The number of alkyl halides is 1. The lowest BCUT2D eigenvalue weighted by molar-refractivity contribution is -0.140. The third-order valence-corrected chi connectivity index (χ3v) is 2.36. The van der Waals surface area contributed by atoms with Gasteiger partial charge in [0.1, 0.15) is 5.75 Å². The van der Waals surface area contributed by atoms with Gasteiger partial charge in [0, 0.05) is 0 Å². The zero-order chi connectivity index (χ0) is 12.1. The van der Waals surface area contributed by atoms with E-state index >= 15 is 0 Å². The number of ether oxygens (including phenoxy) is 2. The summed E-state index contributed by atoms with van der Waals surface area (Å²) in [7, 11) is 1.31. The van der Waals surface area contributed by atoms with E-state index in [-0.39, 0.29) is 6.10 Å². The van der Waals surface area contributed by atoms with Crippen LogP contribution in [0.1, 0.15) is 24.8 Å². The van der Waals surface area contributed by atoms with Crippen molar-refractivity contribution in [1.82, 2.24) is 0 Å². The van der Waals surface area contributed by atoms with Crippen LogP contribution in [0.25, 0.3) is 0 Å². The van der Waals surface area contributed by atoms with Crippen molar-refractivity contribution in [1.29, 1.82) is 0 Å². The van der Waals surface area contributed by atoms with Crippen LogP contribution in [-0.4, -0.2) is 19.2 Å². The summed E-state index contributed by atoms with van der Waals surface area (Å²) in [5.41, 5.74) is 0.673. The third-order valence-electron chi connectivity index (χ3n) is 1.93. The van der Waals surface area contributed by atoms with Gasteiger partial charge in [-0.3, -0.25) is 4.79 Å². The Morgan fingerprint density at radius 2 is 2.06 bits per heavy atom. The molecule has 3 nitrogen and oxygen atoms in total. The number of benzene rings is 1. The molecular weight excluding hydrogens is 228 g/mol. The summed E-state index contributed by atoms with van der Waals surface area (Å²) in [6.45, 7) is 3.87. The maximum atomic E-state index is 11.3. The van der Waals surface area contributed by atoms with E-state index in [2.05, 4.69) is 4.74 Å². The molecule has 1 aromatic rings. The Kier molecular flexibility index (Phi) is 4.62. The molecule has 0 saturated carbocycles. The number of carbonyl (C=O) groups is 1. The van der Waals surface area contributed by atoms with E-state index in [9.17, 15) is 4.79 Å². The Bertz CT molecular complexity index is 363. The number of methoxy groups -OCH3 is 1. The molecule has 0 bridgehead atoms. The minimum absolute atomic E-state index is 0.0853. The molecule has 88 valence electrons. The maximum absolute atomic E-state index is 11.3. The SMILES string of the molecule is COC(=O)C(Cl)c1cccc(OC(C)C)c1. The Hall–Kier alpha value is -1.22. The normalized spacial score (nSPS) is 12.3. The molecule has 0 aliphatic heterocycles. The lowest BCUT2D eigenvalue weighted by atomic mass is 10.1. The molecule has 16 heavy (non-hydrogen) atoms. The highest BCUT2D eigenvalue weighted by molar-refractivity contribution is 6.29. The van der Waals surface area contributed by atoms with Gasteiger partial charge in [-0.1, -0.05) is 12.1 Å². The van der Waals surface area contributed by atoms with Crippen molar-refractivity contribution in [2.75, 3.05) is 7.11 Å². The Labute approximate surface area is 100 Å². The fourth-order valence-corrected chi connectivity index (χ4v) is 1.48. The molecule has 0 aliphatic rings. The highest BCUT2D eigenvalue weighted by atomic mass is 35.5. The van der Waals surface area contributed by atoms with Crippen LogP contribution in [0.3, 0.4) is 0 Å². The minimum Gasteiger partial charge on any atom is -0.491 e. The molecular formula is C12H15ClO3. The minimum atomic E-state index is -0.791. The fraction of sp³-hybridized carbons (Fsp3) is 0.417. The average molecular weight is 243 g/mol. The smallest absolute Gasteiger partial charge is 0.328 e. The van der Waals surface area contributed by atoms with Gasteiger partial charge < -0.3 is 9.47 Å². The van der Waals surface area contributed by atoms with E-state index < -0.39 is 11.3 Å². The molecule has 0 heterocycles. The van der Waals surface area contributed by atoms with E-state index in [0.29, 0.717) is 11.3 Å². The molecule has 0 saturated heterocycles. The van der Waals surface area contributed by atoms with Crippen molar-refractivity contribution in [3.63, 3.8) is 0 Å². The van der Waals surface area contributed by atoms with Crippen molar-refractivity contribution in [2.24, 2.45) is 0 Å². The van der Waals surface area contributed by atoms with E-state index in [4.69, 9.17) is 16.3 Å². The van der Waals surface area contributed by atoms with Crippen LogP contribution >= 0.6 is 11.6 Å². The molecule has 1 rings (SSSR count). The Morgan fingerprint density at radius 1 is 1.38 bits per heavy atom. The first-order valence-corrected chi connectivity index (χ1v) is 5.46. The van der Waals surface area contributed by atoms with Gasteiger partial charge in [0.2, 0.25) is 0 Å². The summed E-state index contributed by atoms with van der Waals surface area (Å²) in [4.78, 5) is 11.3. The van der Waals surface area contributed by atoms with Crippen LogP contribution in [0.4, 0.5) is 0 Å². The first-order chi connectivity index (χ1) is 7.54. The number of hydrogen-bond donors (Lipinski definition) is 0. The van der Waals surface area contributed by atoms with Gasteiger partial charge in [0.25, 0.3) is 0 Å². The number of esters is 1. The lowest BCUT2D eigenvalue weighted by Crippen LogP contribution is -2.10. The molecule has 0 N–H and O–H groups in total. The summed E-state index contributed by atoms with van der Waals surface area (Å²) >= 11 is 5.94. The van der Waals surface area contributed by atoms with Gasteiger partial charge in [-0.2, -0.15) is 0 Å². The second kappa shape index (κ2) is 5.75. The standard InChI is InChI=1S/C12H15ClO3/c1-8(2)16-10-6-4-5-9(7-10)11(13)12(14)15-3/h4-8,11H,1-3H3. The maximum Gasteiger partial charge on any atom is 0.328 e. The van der Waals surface area contributed by atoms with E-state index in [1.807, 2.05) is 19.9 Å². The highest BCUT2D eigenvalue weighted by Gasteiger charge is 2.18. The molecule has 1 unspecified atom stereocenters. The second-order valence-electron chi connectivity index (χ2n) is 3.62. The number of carbonyl (C=O) groups excluding carboxylic acids is 1. The zero-order valence-corrected chi connectivity index (χ0v) is 10.3. The van der Waals surface area contributed by atoms with Crippen molar-refractivity contribution in [3.8, 4) is 5.75 Å². The molecule has 0 aliphatic carbocycles. The van der Waals surface area contributed by atoms with Crippen LogP contribution in [-0.2, 0) is 9.53 Å². The quantitative estimate of drug-likeness (QED) is 0.602. The molecule has 4 heteroatoms. The molecule has 0 amide bonds. The average Bonchev–Trinajstić information content (AvgIpc) is 2.26. The van der Waals surface area contributed by atoms with Crippen molar-refractivity contribution in [3.05, 3.63) is 29.8 Å². The summed E-state index contributed by atoms with van der Waals surface area (Å²) < 4.78 is 10.1. The first-order valence-electron chi connectivity index (χ1n) is 5.03. The number of rotatable bonds is 4. The van der Waals surface area contributed by atoms with Crippen LogP contribution in [0.15, 0.2) is 24.3 Å². The first kappa shape index (κ1) is 12.8. The number of hydrogen-bond acceptors (Lipinski definition) is 3. The lowest BCUT2D eigenvalue weighted by Gasteiger charge is -2.12. The second-order valence-corrected chi connectivity index (χ2v) is 4.06. The predicted octanol–water partition coefficient (Wildman–Crippen LogP) is 2.93. The summed E-state index contributed by atoms with van der Waals surface area (Å²) in [6, 6.07) is 7.13. The van der Waals surface area contributed by atoms with Crippen LogP contribution in [0.5, 0.6) is 5.75 Å². The highest BCUT2D eigenvalue weighted by Crippen LogP contribution is 2.25. The van der Waals surface area contributed by atoms with Gasteiger partial charge in [-0.15, -0.1) is 11.6 Å². The van der Waals surface area contributed by atoms with Gasteiger partial charge in [-0.05, 0) is 31.5 Å². The van der Waals surface area contributed by atoms with Gasteiger partial charge in [-0.25, -0.2) is 0 Å². The molecule has 0 radical (unpaired) electrons. The zero-order valence-electron chi connectivity index (χ0n) is 9.57.